The van der Waals surface area contributed by atoms with Crippen molar-refractivity contribution in [2.24, 2.45) is 0 Å². The van der Waals surface area contributed by atoms with Gasteiger partial charge in [-0.2, -0.15) is 5.26 Å². The molecular formula is C28H23N2O2+. The molecule has 0 amide bonds. The summed E-state index contributed by atoms with van der Waals surface area (Å²) >= 11 is 0. The monoisotopic (exact) mass is 419 g/mol. The van der Waals surface area contributed by atoms with Gasteiger partial charge in [0.05, 0.1) is 6.61 Å². The minimum absolute atomic E-state index is 0.0316. The van der Waals surface area contributed by atoms with Crippen LogP contribution in [0.1, 0.15) is 6.92 Å². The topological polar surface area (TPSA) is 57.1 Å². The number of benzene rings is 3. The van der Waals surface area contributed by atoms with Crippen molar-refractivity contribution in [3.8, 4) is 39.7 Å². The lowest BCUT2D eigenvalue weighted by molar-refractivity contribution is -0.556. The van der Waals surface area contributed by atoms with E-state index >= 15 is 0 Å². The molecule has 156 valence electrons. The molecule has 4 heteroatoms. The molecule has 1 aromatic heterocycles. The van der Waals surface area contributed by atoms with Gasteiger partial charge in [-0.05, 0) is 42.3 Å². The summed E-state index contributed by atoms with van der Waals surface area (Å²) in [7, 11) is 0. The second-order valence-corrected chi connectivity index (χ2v) is 7.15. The van der Waals surface area contributed by atoms with Crippen LogP contribution in [0.5, 0.6) is 0 Å². The molecule has 4 aromatic rings. The largest absolute Gasteiger partial charge is 0.476 e. The Morgan fingerprint density at radius 3 is 1.59 bits per heavy atom. The first-order valence-corrected chi connectivity index (χ1v) is 10.5. The molecule has 32 heavy (non-hydrogen) atoms. The molecule has 0 radical (unpaired) electrons. The molecule has 0 aliphatic carbocycles. The Morgan fingerprint density at radius 2 is 1.19 bits per heavy atom. The molecule has 0 saturated carbocycles. The van der Waals surface area contributed by atoms with Gasteiger partial charge in [0.25, 0.3) is 0 Å². The lowest BCUT2D eigenvalue weighted by Crippen LogP contribution is -2.38. The van der Waals surface area contributed by atoms with Gasteiger partial charge >= 0.3 is 11.6 Å². The normalized spacial score (nSPS) is 11.4. The van der Waals surface area contributed by atoms with E-state index in [0.717, 1.165) is 33.6 Å². The van der Waals surface area contributed by atoms with Gasteiger partial charge in [0.2, 0.25) is 11.4 Å². The Kier molecular flexibility index (Phi) is 6.29. The van der Waals surface area contributed by atoms with E-state index in [2.05, 4.69) is 18.2 Å². The molecule has 0 bridgehead atoms. The third-order valence-electron chi connectivity index (χ3n) is 5.13. The Labute approximate surface area is 187 Å². The van der Waals surface area contributed by atoms with E-state index < -0.39 is 5.95 Å². The van der Waals surface area contributed by atoms with E-state index in [1.54, 1.807) is 11.5 Å². The fraction of sp³-hybridized carbons (Fsp3) is 0.0714. The third-order valence-corrected chi connectivity index (χ3v) is 5.13. The zero-order valence-electron chi connectivity index (χ0n) is 17.8. The fourth-order valence-corrected chi connectivity index (χ4v) is 3.67. The Morgan fingerprint density at radius 1 is 0.750 bits per heavy atom. The third kappa shape index (κ3) is 4.23. The smallest absolute Gasteiger partial charge is 0.370 e. The lowest BCUT2D eigenvalue weighted by atomic mass is 9.98. The van der Waals surface area contributed by atoms with Crippen LogP contribution in [0.15, 0.2) is 109 Å². The number of aliphatic hydroxyl groups excluding tert-OH is 1. The van der Waals surface area contributed by atoms with Gasteiger partial charge in [0.15, 0.2) is 6.07 Å². The van der Waals surface area contributed by atoms with Crippen molar-refractivity contribution >= 4 is 5.70 Å². The van der Waals surface area contributed by atoms with Crippen LogP contribution >= 0.6 is 0 Å². The van der Waals surface area contributed by atoms with E-state index in [1.165, 1.54) is 0 Å². The molecular weight excluding hydrogens is 396 g/mol. The molecule has 4 nitrogen and oxygen atoms in total. The van der Waals surface area contributed by atoms with E-state index in [9.17, 15) is 10.4 Å². The number of aliphatic hydroxyl groups is 1. The highest BCUT2D eigenvalue weighted by Gasteiger charge is 2.30. The molecule has 0 aliphatic heterocycles. The zero-order valence-corrected chi connectivity index (χ0v) is 17.8. The van der Waals surface area contributed by atoms with Gasteiger partial charge in [-0.25, -0.2) is 0 Å². The Hall–Kier alpha value is -4.36. The summed E-state index contributed by atoms with van der Waals surface area (Å²) in [6, 6.07) is 36.0. The second kappa shape index (κ2) is 9.63. The summed E-state index contributed by atoms with van der Waals surface area (Å²) in [6.07, 6.45) is 0. The molecule has 0 atom stereocenters. The van der Waals surface area contributed by atoms with Crippen LogP contribution in [-0.2, 0) is 4.74 Å². The predicted molar refractivity (Wildman–Crippen MR) is 126 cm³/mol. The molecule has 0 aliphatic rings. The van der Waals surface area contributed by atoms with Crippen LogP contribution in [0.3, 0.4) is 0 Å². The van der Waals surface area contributed by atoms with Crippen molar-refractivity contribution in [3.05, 3.63) is 109 Å². The SMILES string of the molecule is CCOC(O)=C(C#N)[n+]1c(-c2ccccc2)cc(-c2ccccc2)cc1-c1ccccc1. The van der Waals surface area contributed by atoms with Gasteiger partial charge in [-0.3, -0.25) is 0 Å². The summed E-state index contributed by atoms with van der Waals surface area (Å²) in [4.78, 5) is 0. The number of pyridine rings is 1. The van der Waals surface area contributed by atoms with E-state index in [0.29, 0.717) is 0 Å². The summed E-state index contributed by atoms with van der Waals surface area (Å²) in [5.74, 6) is -0.401. The van der Waals surface area contributed by atoms with Crippen molar-refractivity contribution < 1.29 is 14.4 Å². The quantitative estimate of drug-likeness (QED) is 0.229. The molecule has 1 N–H and O–H groups in total. The summed E-state index contributed by atoms with van der Waals surface area (Å²) in [5, 5.41) is 20.6. The summed E-state index contributed by atoms with van der Waals surface area (Å²) < 4.78 is 7.10. The van der Waals surface area contributed by atoms with Gasteiger partial charge < -0.3 is 9.84 Å². The second-order valence-electron chi connectivity index (χ2n) is 7.15. The maximum Gasteiger partial charge on any atom is 0.370 e. The average Bonchev–Trinajstić information content (AvgIpc) is 2.86. The van der Waals surface area contributed by atoms with Crippen molar-refractivity contribution in [1.82, 2.24) is 0 Å². The first kappa shape index (κ1) is 20.9. The van der Waals surface area contributed by atoms with Gasteiger partial charge in [-0.15, -0.1) is 4.57 Å². The van der Waals surface area contributed by atoms with Crippen molar-refractivity contribution in [2.45, 2.75) is 6.92 Å². The lowest BCUT2D eigenvalue weighted by Gasteiger charge is -2.12. The van der Waals surface area contributed by atoms with Gasteiger partial charge in [0, 0.05) is 23.3 Å². The van der Waals surface area contributed by atoms with Gasteiger partial charge in [0.1, 0.15) is 0 Å². The molecule has 0 fully saturated rings. The average molecular weight is 420 g/mol. The molecule has 0 spiro atoms. The Bertz CT molecular complexity index is 1220. The number of hydrogen-bond acceptors (Lipinski definition) is 3. The first-order valence-electron chi connectivity index (χ1n) is 10.5. The van der Waals surface area contributed by atoms with Crippen LogP contribution in [0.25, 0.3) is 39.3 Å². The number of nitrogens with zero attached hydrogens (tertiary/aromatic N) is 2. The molecule has 0 unspecified atom stereocenters. The predicted octanol–water partition coefficient (Wildman–Crippen LogP) is 6.22. The highest BCUT2D eigenvalue weighted by molar-refractivity contribution is 5.75. The minimum Gasteiger partial charge on any atom is -0.476 e. The number of allylic oxidation sites excluding steroid dienone is 1. The van der Waals surface area contributed by atoms with Crippen molar-refractivity contribution in [2.75, 3.05) is 6.61 Å². The van der Waals surface area contributed by atoms with Crippen molar-refractivity contribution in [3.63, 3.8) is 0 Å². The van der Waals surface area contributed by atoms with Crippen LogP contribution < -0.4 is 4.57 Å². The number of aromatic nitrogens is 1. The summed E-state index contributed by atoms with van der Waals surface area (Å²) in [5.41, 5.74) is 5.48. The maximum atomic E-state index is 10.6. The Balaban J connectivity index is 2.13. The van der Waals surface area contributed by atoms with Crippen LogP contribution in [0, 0.1) is 11.3 Å². The first-order chi connectivity index (χ1) is 15.7. The fourth-order valence-electron chi connectivity index (χ4n) is 3.67. The maximum absolute atomic E-state index is 10.6. The number of ether oxygens (including phenoxy) is 1. The number of hydrogen-bond donors (Lipinski definition) is 1. The van der Waals surface area contributed by atoms with E-state index in [4.69, 9.17) is 4.74 Å². The number of nitriles is 1. The molecule has 4 rings (SSSR count). The van der Waals surface area contributed by atoms with Crippen LogP contribution in [0.2, 0.25) is 0 Å². The van der Waals surface area contributed by atoms with E-state index in [-0.39, 0.29) is 12.3 Å². The molecule has 1 heterocycles. The van der Waals surface area contributed by atoms with Crippen LogP contribution in [-0.4, -0.2) is 11.7 Å². The number of rotatable bonds is 6. The highest BCUT2D eigenvalue weighted by atomic mass is 16.6. The highest BCUT2D eigenvalue weighted by Crippen LogP contribution is 2.30. The minimum atomic E-state index is -0.401. The van der Waals surface area contributed by atoms with E-state index in [1.807, 2.05) is 91.0 Å². The summed E-state index contributed by atoms with van der Waals surface area (Å²) in [6.45, 7) is 2.02. The standard InChI is InChI=1S/C28H22N2O2/c1-2-32-28(31)27(20-29)30-25(22-14-8-4-9-15-22)18-24(21-12-6-3-7-13-21)19-26(30)23-16-10-5-11-17-23/h3-19H,2H2,1H3/p+1. The molecule has 3 aromatic carbocycles. The molecule has 0 saturated heterocycles. The van der Waals surface area contributed by atoms with Crippen LogP contribution in [0.4, 0.5) is 0 Å². The van der Waals surface area contributed by atoms with Crippen molar-refractivity contribution in [1.29, 1.82) is 5.26 Å². The zero-order chi connectivity index (χ0) is 22.3. The van der Waals surface area contributed by atoms with Gasteiger partial charge in [-0.1, -0.05) is 66.7 Å².